The van der Waals surface area contributed by atoms with Gasteiger partial charge < -0.3 is 14.7 Å². The van der Waals surface area contributed by atoms with Crippen molar-refractivity contribution < 1.29 is 42.0 Å². The van der Waals surface area contributed by atoms with Gasteiger partial charge in [0.2, 0.25) is 0 Å². The Morgan fingerprint density at radius 2 is 2.14 bits per heavy atom. The number of aliphatic hydroxyl groups is 1. The molecule has 0 bridgehead atoms. The number of hydrogen-bond donors (Lipinski definition) is 2. The Hall–Kier alpha value is -2.05. The van der Waals surface area contributed by atoms with Gasteiger partial charge in [0, 0.05) is 0 Å². The van der Waals surface area contributed by atoms with Crippen LogP contribution in [0.3, 0.4) is 0 Å². The molecular weight excluding hydrogens is 324 g/mol. The summed E-state index contributed by atoms with van der Waals surface area (Å²) < 4.78 is 35.3. The number of aliphatic hydroxyl groups excluding tert-OH is 1. The highest BCUT2D eigenvalue weighted by atomic mass is 32.2. The number of amides is 2. The number of nitrogens with zero attached hydrogens (tertiary/aromatic N) is 2. The van der Waals surface area contributed by atoms with E-state index in [0.717, 1.165) is 6.40 Å². The van der Waals surface area contributed by atoms with Crippen LogP contribution in [-0.4, -0.2) is 72.3 Å². The van der Waals surface area contributed by atoms with Crippen molar-refractivity contribution in [1.29, 1.82) is 0 Å². The molecule has 1 aliphatic heterocycles. The van der Waals surface area contributed by atoms with Crippen molar-refractivity contribution in [2.45, 2.75) is 18.1 Å². The van der Waals surface area contributed by atoms with Gasteiger partial charge in [0.1, 0.15) is 0 Å². The first-order chi connectivity index (χ1) is 10.3. The predicted octanol–water partition coefficient (Wildman–Crippen LogP) is -2.11. The van der Waals surface area contributed by atoms with Gasteiger partial charge in [-0.05, 0) is 0 Å². The molecule has 0 aromatic heterocycles. The molecule has 0 spiro atoms. The van der Waals surface area contributed by atoms with E-state index >= 15 is 0 Å². The average Bonchev–Trinajstić information content (AvgIpc) is 2.70. The minimum Gasteiger partial charge on any atom is -0.483 e. The first-order valence-corrected chi connectivity index (χ1v) is 7.52. The van der Waals surface area contributed by atoms with Crippen molar-refractivity contribution in [2.75, 3.05) is 19.8 Å². The molecule has 1 rings (SSSR count). The Morgan fingerprint density at radius 3 is 2.68 bits per heavy atom. The van der Waals surface area contributed by atoms with E-state index in [2.05, 4.69) is 9.83 Å². The average molecular weight is 338 g/mol. The zero-order chi connectivity index (χ0) is 16.8. The molecule has 2 amide bonds. The largest absolute Gasteiger partial charge is 0.483 e. The van der Waals surface area contributed by atoms with E-state index in [1.54, 1.807) is 0 Å². The Morgan fingerprint density at radius 1 is 1.45 bits per heavy atom. The highest BCUT2D eigenvalue weighted by molar-refractivity contribution is 7.87. The Labute approximate surface area is 125 Å². The van der Waals surface area contributed by atoms with Gasteiger partial charge in [0.25, 0.3) is 21.9 Å². The molecule has 124 valence electrons. The topological polar surface area (TPSA) is 160 Å². The number of carbonyl (C=O) groups excluding carboxylic acids is 3. The maximum atomic E-state index is 11.6. The van der Waals surface area contributed by atoms with Crippen LogP contribution < -0.4 is 0 Å². The van der Waals surface area contributed by atoms with E-state index < -0.39 is 39.6 Å². The SMILES string of the molecule is O=C(CCO/C=N/CCO)ON1C(=O)CC(S(=O)(=O)O)C1=O. The van der Waals surface area contributed by atoms with Crippen LogP contribution in [-0.2, 0) is 34.1 Å². The molecule has 1 saturated heterocycles. The summed E-state index contributed by atoms with van der Waals surface area (Å²) in [4.78, 5) is 42.4. The number of carbonyl (C=O) groups is 3. The third-order valence-corrected chi connectivity index (χ3v) is 3.50. The summed E-state index contributed by atoms with van der Waals surface area (Å²) in [6.07, 6.45) is -0.113. The maximum Gasteiger partial charge on any atom is 0.336 e. The van der Waals surface area contributed by atoms with Gasteiger partial charge in [-0.25, -0.2) is 4.79 Å². The molecular formula is C10H14N2O9S. The lowest BCUT2D eigenvalue weighted by molar-refractivity contribution is -0.197. The molecule has 11 nitrogen and oxygen atoms in total. The van der Waals surface area contributed by atoms with Gasteiger partial charge >= 0.3 is 5.97 Å². The maximum absolute atomic E-state index is 11.6. The van der Waals surface area contributed by atoms with E-state index in [9.17, 15) is 22.8 Å². The zero-order valence-corrected chi connectivity index (χ0v) is 12.1. The first kappa shape index (κ1) is 18.0. The van der Waals surface area contributed by atoms with Crippen LogP contribution in [0, 0.1) is 0 Å². The fraction of sp³-hybridized carbons (Fsp3) is 0.600. The summed E-state index contributed by atoms with van der Waals surface area (Å²) in [5, 5.41) is 6.48. The smallest absolute Gasteiger partial charge is 0.336 e. The molecule has 1 heterocycles. The van der Waals surface area contributed by atoms with Crippen LogP contribution in [0.4, 0.5) is 0 Å². The van der Waals surface area contributed by atoms with Crippen LogP contribution in [0.2, 0.25) is 0 Å². The van der Waals surface area contributed by atoms with Crippen LogP contribution in [0.5, 0.6) is 0 Å². The van der Waals surface area contributed by atoms with Gasteiger partial charge in [-0.15, -0.1) is 5.06 Å². The number of aliphatic imine (C=N–C) groups is 1. The summed E-state index contributed by atoms with van der Waals surface area (Å²) in [6, 6.07) is 0. The van der Waals surface area contributed by atoms with Crippen molar-refractivity contribution in [3.63, 3.8) is 0 Å². The van der Waals surface area contributed by atoms with E-state index in [1.807, 2.05) is 0 Å². The van der Waals surface area contributed by atoms with E-state index in [0.29, 0.717) is 0 Å². The molecule has 0 radical (unpaired) electrons. The Kier molecular flexibility index (Phi) is 6.39. The fourth-order valence-electron chi connectivity index (χ4n) is 1.42. The monoisotopic (exact) mass is 338 g/mol. The number of ether oxygens (including phenoxy) is 1. The molecule has 1 fully saturated rings. The van der Waals surface area contributed by atoms with Crippen LogP contribution in [0.15, 0.2) is 4.99 Å². The van der Waals surface area contributed by atoms with E-state index in [4.69, 9.17) is 14.4 Å². The molecule has 0 saturated carbocycles. The minimum absolute atomic E-state index is 0.0145. The second-order valence-electron chi connectivity index (χ2n) is 4.05. The highest BCUT2D eigenvalue weighted by Gasteiger charge is 2.48. The standard InChI is InChI=1S/C10H14N2O9S/c13-3-2-11-6-20-4-1-9(15)21-12-8(14)5-7(10(12)16)22(17,18)19/h6-7,13H,1-5H2,(H,17,18,19)/b11-6+. The Bertz CT molecular complexity index is 571. The summed E-state index contributed by atoms with van der Waals surface area (Å²) in [5.74, 6) is -3.38. The van der Waals surface area contributed by atoms with Gasteiger partial charge in [-0.1, -0.05) is 0 Å². The fourth-order valence-corrected chi connectivity index (χ4v) is 2.12. The zero-order valence-electron chi connectivity index (χ0n) is 11.2. The normalized spacial score (nSPS) is 19.0. The molecule has 2 N–H and O–H groups in total. The molecule has 1 aliphatic rings. The Balaban J connectivity index is 2.45. The van der Waals surface area contributed by atoms with Crippen molar-refractivity contribution in [3.05, 3.63) is 0 Å². The van der Waals surface area contributed by atoms with Crippen molar-refractivity contribution in [1.82, 2.24) is 5.06 Å². The second-order valence-corrected chi connectivity index (χ2v) is 5.65. The summed E-state index contributed by atoms with van der Waals surface area (Å²) in [6.45, 7) is -0.181. The number of hydrogen-bond acceptors (Lipinski definition) is 9. The van der Waals surface area contributed by atoms with Gasteiger partial charge in [-0.2, -0.15) is 8.42 Å². The van der Waals surface area contributed by atoms with E-state index in [-0.39, 0.29) is 31.2 Å². The molecule has 1 atom stereocenters. The van der Waals surface area contributed by atoms with Crippen LogP contribution in [0.25, 0.3) is 0 Å². The van der Waals surface area contributed by atoms with Crippen molar-refractivity contribution in [2.24, 2.45) is 4.99 Å². The molecule has 12 heteroatoms. The number of hydroxylamine groups is 2. The lowest BCUT2D eigenvalue weighted by Gasteiger charge is -2.12. The lowest BCUT2D eigenvalue weighted by Crippen LogP contribution is -2.36. The van der Waals surface area contributed by atoms with Crippen molar-refractivity contribution in [3.8, 4) is 0 Å². The molecule has 22 heavy (non-hydrogen) atoms. The van der Waals surface area contributed by atoms with Gasteiger partial charge in [0.15, 0.2) is 11.7 Å². The highest BCUT2D eigenvalue weighted by Crippen LogP contribution is 2.19. The first-order valence-electron chi connectivity index (χ1n) is 6.02. The van der Waals surface area contributed by atoms with E-state index in [1.165, 1.54) is 0 Å². The van der Waals surface area contributed by atoms with Crippen LogP contribution in [0.1, 0.15) is 12.8 Å². The third-order valence-electron chi connectivity index (χ3n) is 2.42. The predicted molar refractivity (Wildman–Crippen MR) is 68.9 cm³/mol. The van der Waals surface area contributed by atoms with Crippen molar-refractivity contribution >= 4 is 34.3 Å². The van der Waals surface area contributed by atoms with Gasteiger partial charge in [0.05, 0.1) is 32.6 Å². The molecule has 1 unspecified atom stereocenters. The number of imide groups is 1. The third kappa shape index (κ3) is 5.05. The summed E-state index contributed by atoms with van der Waals surface area (Å²) in [5.41, 5.74) is 0. The molecule has 0 aliphatic carbocycles. The number of rotatable bonds is 8. The van der Waals surface area contributed by atoms with Crippen LogP contribution >= 0.6 is 0 Å². The quantitative estimate of drug-likeness (QED) is 0.166. The minimum atomic E-state index is -4.75. The molecule has 0 aromatic carbocycles. The molecule has 0 aromatic rings. The second kappa shape index (κ2) is 7.82. The lowest BCUT2D eigenvalue weighted by atomic mass is 10.4. The van der Waals surface area contributed by atoms with Gasteiger partial charge in [-0.3, -0.25) is 19.1 Å². The summed E-state index contributed by atoms with van der Waals surface area (Å²) in [7, 11) is -4.75. The summed E-state index contributed by atoms with van der Waals surface area (Å²) >= 11 is 0.